The van der Waals surface area contributed by atoms with E-state index in [1.807, 2.05) is 20.8 Å². The molecule has 0 amide bonds. The molecule has 0 aromatic rings. The second-order valence-electron chi connectivity index (χ2n) is 4.12. The van der Waals surface area contributed by atoms with Crippen LogP contribution in [0.5, 0.6) is 0 Å². The molecule has 70 valence electrons. The van der Waals surface area contributed by atoms with E-state index < -0.39 is 5.97 Å². The number of rotatable bonds is 3. The first-order valence-corrected chi connectivity index (χ1v) is 3.99. The molecule has 0 saturated heterocycles. The van der Waals surface area contributed by atoms with Gasteiger partial charge in [-0.2, -0.15) is 0 Å². The minimum atomic E-state index is -1.05. The van der Waals surface area contributed by atoms with E-state index >= 15 is 0 Å². The maximum atomic E-state index is 11.2. The molecule has 0 bridgehead atoms. The fourth-order valence-electron chi connectivity index (χ4n) is 0.785. The first-order chi connectivity index (χ1) is 5.25. The Hall–Kier alpha value is -0.860. The SMILES string of the molecule is CC(C(=O)CC(=O)O)C(C)(C)C. The molecule has 1 atom stereocenters. The molecule has 0 aliphatic carbocycles. The average molecular weight is 172 g/mol. The Morgan fingerprint density at radius 1 is 1.33 bits per heavy atom. The maximum absolute atomic E-state index is 11.2. The number of hydrogen-bond donors (Lipinski definition) is 1. The first-order valence-electron chi connectivity index (χ1n) is 3.99. The Bertz CT molecular complexity index is 188. The molecular formula is C9H16O3. The Balaban J connectivity index is 4.21. The lowest BCUT2D eigenvalue weighted by Gasteiger charge is -2.25. The van der Waals surface area contributed by atoms with Crippen molar-refractivity contribution in [2.45, 2.75) is 34.1 Å². The minimum absolute atomic E-state index is 0.146. The highest BCUT2D eigenvalue weighted by atomic mass is 16.4. The molecular weight excluding hydrogens is 156 g/mol. The number of carboxylic acid groups (broad SMARTS) is 1. The van der Waals surface area contributed by atoms with Crippen molar-refractivity contribution in [3.05, 3.63) is 0 Å². The van der Waals surface area contributed by atoms with E-state index in [2.05, 4.69) is 0 Å². The summed E-state index contributed by atoms with van der Waals surface area (Å²) in [5.41, 5.74) is -0.146. The van der Waals surface area contributed by atoms with Gasteiger partial charge in [-0.1, -0.05) is 27.7 Å². The largest absolute Gasteiger partial charge is 0.481 e. The van der Waals surface area contributed by atoms with Crippen LogP contribution in [0.4, 0.5) is 0 Å². The fourth-order valence-corrected chi connectivity index (χ4v) is 0.785. The van der Waals surface area contributed by atoms with Gasteiger partial charge in [0.15, 0.2) is 0 Å². The van der Waals surface area contributed by atoms with Crippen LogP contribution in [0.3, 0.4) is 0 Å². The van der Waals surface area contributed by atoms with Crippen molar-refractivity contribution in [2.24, 2.45) is 11.3 Å². The summed E-state index contributed by atoms with van der Waals surface area (Å²) in [5, 5.41) is 8.38. The van der Waals surface area contributed by atoms with E-state index in [1.165, 1.54) is 0 Å². The lowest BCUT2D eigenvalue weighted by atomic mass is 9.79. The van der Waals surface area contributed by atoms with Gasteiger partial charge in [-0.25, -0.2) is 0 Å². The zero-order valence-electron chi connectivity index (χ0n) is 8.05. The number of Topliss-reactive ketones (excluding diaryl/α,β-unsaturated/α-hetero) is 1. The maximum Gasteiger partial charge on any atom is 0.310 e. The molecule has 3 nitrogen and oxygen atoms in total. The number of carbonyl (C=O) groups is 2. The quantitative estimate of drug-likeness (QED) is 0.659. The normalized spacial score (nSPS) is 14.0. The topological polar surface area (TPSA) is 54.4 Å². The van der Waals surface area contributed by atoms with Gasteiger partial charge in [0.05, 0.1) is 0 Å². The average Bonchev–Trinajstić information content (AvgIpc) is 1.82. The van der Waals surface area contributed by atoms with Gasteiger partial charge in [0, 0.05) is 5.92 Å². The predicted molar refractivity (Wildman–Crippen MR) is 45.9 cm³/mol. The van der Waals surface area contributed by atoms with Gasteiger partial charge in [0.2, 0.25) is 0 Å². The highest BCUT2D eigenvalue weighted by Gasteiger charge is 2.27. The monoisotopic (exact) mass is 172 g/mol. The van der Waals surface area contributed by atoms with Gasteiger partial charge in [-0.3, -0.25) is 9.59 Å². The number of carbonyl (C=O) groups excluding carboxylic acids is 1. The Kier molecular flexibility index (Phi) is 3.43. The van der Waals surface area contributed by atoms with Crippen LogP contribution in [0.2, 0.25) is 0 Å². The second kappa shape index (κ2) is 3.70. The molecule has 0 rings (SSSR count). The smallest absolute Gasteiger partial charge is 0.310 e. The van der Waals surface area contributed by atoms with Gasteiger partial charge in [-0.15, -0.1) is 0 Å². The predicted octanol–water partition coefficient (Wildman–Crippen LogP) is 1.71. The summed E-state index contributed by atoms with van der Waals surface area (Å²) in [6, 6.07) is 0. The highest BCUT2D eigenvalue weighted by molar-refractivity contribution is 5.96. The van der Waals surface area contributed by atoms with Gasteiger partial charge in [0.1, 0.15) is 12.2 Å². The molecule has 1 unspecified atom stereocenters. The molecule has 1 N–H and O–H groups in total. The van der Waals surface area contributed by atoms with Crippen molar-refractivity contribution in [2.75, 3.05) is 0 Å². The summed E-state index contributed by atoms with van der Waals surface area (Å²) in [6.45, 7) is 7.55. The third kappa shape index (κ3) is 3.51. The molecule has 0 aliphatic rings. The summed E-state index contributed by atoms with van der Waals surface area (Å²) in [6.07, 6.45) is -0.363. The number of carboxylic acids is 1. The van der Waals surface area contributed by atoms with Crippen molar-refractivity contribution < 1.29 is 14.7 Å². The van der Waals surface area contributed by atoms with Crippen LogP contribution >= 0.6 is 0 Å². The van der Waals surface area contributed by atoms with Crippen LogP contribution in [0.15, 0.2) is 0 Å². The molecule has 0 aliphatic heterocycles. The molecule has 3 heteroatoms. The van der Waals surface area contributed by atoms with E-state index in [-0.39, 0.29) is 23.5 Å². The number of aliphatic carboxylic acids is 1. The molecule has 0 aromatic heterocycles. The van der Waals surface area contributed by atoms with E-state index in [0.717, 1.165) is 0 Å². The Labute approximate surface area is 72.8 Å². The fraction of sp³-hybridized carbons (Fsp3) is 0.778. The van der Waals surface area contributed by atoms with Crippen LogP contribution in [0.1, 0.15) is 34.1 Å². The van der Waals surface area contributed by atoms with E-state index in [4.69, 9.17) is 5.11 Å². The first kappa shape index (κ1) is 11.1. The minimum Gasteiger partial charge on any atom is -0.481 e. The van der Waals surface area contributed by atoms with Crippen molar-refractivity contribution in [1.82, 2.24) is 0 Å². The molecule has 0 spiro atoms. The second-order valence-corrected chi connectivity index (χ2v) is 4.12. The lowest BCUT2D eigenvalue weighted by molar-refractivity contribution is -0.141. The van der Waals surface area contributed by atoms with E-state index in [0.29, 0.717) is 0 Å². The van der Waals surface area contributed by atoms with Crippen LogP contribution < -0.4 is 0 Å². The summed E-state index contributed by atoms with van der Waals surface area (Å²) >= 11 is 0. The van der Waals surface area contributed by atoms with Gasteiger partial charge >= 0.3 is 5.97 Å². The molecule has 0 radical (unpaired) electrons. The van der Waals surface area contributed by atoms with Crippen LogP contribution in [0, 0.1) is 11.3 Å². The van der Waals surface area contributed by atoms with Crippen molar-refractivity contribution in [1.29, 1.82) is 0 Å². The Morgan fingerprint density at radius 2 is 1.75 bits per heavy atom. The Morgan fingerprint density at radius 3 is 2.00 bits per heavy atom. The zero-order chi connectivity index (χ0) is 9.94. The van der Waals surface area contributed by atoms with Gasteiger partial charge in [-0.05, 0) is 5.41 Å². The van der Waals surface area contributed by atoms with E-state index in [9.17, 15) is 9.59 Å². The zero-order valence-corrected chi connectivity index (χ0v) is 8.05. The molecule has 12 heavy (non-hydrogen) atoms. The molecule has 0 saturated carbocycles. The van der Waals surface area contributed by atoms with E-state index in [1.54, 1.807) is 6.92 Å². The molecule has 0 aromatic carbocycles. The van der Waals surface area contributed by atoms with Crippen LogP contribution in [0.25, 0.3) is 0 Å². The van der Waals surface area contributed by atoms with Crippen molar-refractivity contribution in [3.63, 3.8) is 0 Å². The van der Waals surface area contributed by atoms with Crippen molar-refractivity contribution >= 4 is 11.8 Å². The lowest BCUT2D eigenvalue weighted by Crippen LogP contribution is -2.27. The van der Waals surface area contributed by atoms with Gasteiger partial charge < -0.3 is 5.11 Å². The number of hydrogen-bond acceptors (Lipinski definition) is 2. The third-order valence-electron chi connectivity index (χ3n) is 2.11. The summed E-state index contributed by atoms with van der Waals surface area (Å²) < 4.78 is 0. The number of ketones is 1. The van der Waals surface area contributed by atoms with Crippen molar-refractivity contribution in [3.8, 4) is 0 Å². The van der Waals surface area contributed by atoms with Crippen LogP contribution in [-0.2, 0) is 9.59 Å². The standard InChI is InChI=1S/C9H16O3/c1-6(9(2,3)4)7(10)5-8(11)12/h6H,5H2,1-4H3,(H,11,12). The summed E-state index contributed by atoms with van der Waals surface area (Å²) in [4.78, 5) is 21.4. The molecule has 0 fully saturated rings. The summed E-state index contributed by atoms with van der Waals surface area (Å²) in [5.74, 6) is -1.44. The molecule has 0 heterocycles. The summed E-state index contributed by atoms with van der Waals surface area (Å²) in [7, 11) is 0. The highest BCUT2D eigenvalue weighted by Crippen LogP contribution is 2.26. The van der Waals surface area contributed by atoms with Gasteiger partial charge in [0.25, 0.3) is 0 Å². The third-order valence-corrected chi connectivity index (χ3v) is 2.11. The van der Waals surface area contributed by atoms with Crippen LogP contribution in [-0.4, -0.2) is 16.9 Å².